The van der Waals surface area contributed by atoms with Gasteiger partial charge in [0.25, 0.3) is 0 Å². The van der Waals surface area contributed by atoms with Gasteiger partial charge in [-0.2, -0.15) is 4.98 Å². The summed E-state index contributed by atoms with van der Waals surface area (Å²) in [4.78, 5) is 24.2. The summed E-state index contributed by atoms with van der Waals surface area (Å²) in [5.74, 6) is 1.49. The van der Waals surface area contributed by atoms with Gasteiger partial charge in [0.1, 0.15) is 12.2 Å². The minimum Gasteiger partial charge on any atom is -0.294 e. The van der Waals surface area contributed by atoms with Crippen LogP contribution in [0.5, 0.6) is 0 Å². The fourth-order valence-electron chi connectivity index (χ4n) is 2.14. The smallest absolute Gasteiger partial charge is 0.232 e. The average Bonchev–Trinajstić information content (AvgIpc) is 2.44. The summed E-state index contributed by atoms with van der Waals surface area (Å²) in [5, 5.41) is 2.73. The van der Waals surface area contributed by atoms with Crippen molar-refractivity contribution in [2.75, 3.05) is 5.32 Å². The zero-order chi connectivity index (χ0) is 14.8. The molecule has 0 aliphatic rings. The fourth-order valence-corrected chi connectivity index (χ4v) is 2.14. The van der Waals surface area contributed by atoms with Crippen molar-refractivity contribution in [3.8, 4) is 0 Å². The molecule has 0 saturated carbocycles. The van der Waals surface area contributed by atoms with E-state index in [9.17, 15) is 4.79 Å². The molecule has 1 N–H and O–H groups in total. The molecule has 0 fully saturated rings. The van der Waals surface area contributed by atoms with Gasteiger partial charge >= 0.3 is 0 Å². The van der Waals surface area contributed by atoms with Gasteiger partial charge < -0.3 is 0 Å². The van der Waals surface area contributed by atoms with E-state index >= 15 is 0 Å². The Morgan fingerprint density at radius 2 is 2.00 bits per heavy atom. The van der Waals surface area contributed by atoms with Gasteiger partial charge in [-0.3, -0.25) is 10.1 Å². The molecule has 1 atom stereocenters. The standard InChI is InChI=1S/C15H26N4O/c1-4-7-8-10-12(6-3)14-16-11-17-15(19-14)18-13(20)9-5-2/h11-12H,4-10H2,1-3H3,(H,16,17,18,19,20). The predicted octanol–water partition coefficient (Wildman–Crippen LogP) is 3.68. The van der Waals surface area contributed by atoms with E-state index in [2.05, 4.69) is 34.1 Å². The Balaban J connectivity index is 2.66. The maximum Gasteiger partial charge on any atom is 0.232 e. The molecule has 0 spiro atoms. The minimum atomic E-state index is -0.0383. The molecule has 1 aromatic rings. The van der Waals surface area contributed by atoms with Crippen LogP contribution >= 0.6 is 0 Å². The van der Waals surface area contributed by atoms with Crippen LogP contribution in [0.25, 0.3) is 0 Å². The van der Waals surface area contributed by atoms with Crippen LogP contribution in [-0.4, -0.2) is 20.9 Å². The van der Waals surface area contributed by atoms with Crippen LogP contribution < -0.4 is 5.32 Å². The lowest BCUT2D eigenvalue weighted by molar-refractivity contribution is -0.116. The molecule has 5 nitrogen and oxygen atoms in total. The van der Waals surface area contributed by atoms with E-state index in [1.807, 2.05) is 6.92 Å². The number of aromatic nitrogens is 3. The second-order valence-corrected chi connectivity index (χ2v) is 5.07. The maximum atomic E-state index is 11.6. The molecule has 1 rings (SSSR count). The molecule has 1 aromatic heterocycles. The molecule has 20 heavy (non-hydrogen) atoms. The molecular weight excluding hydrogens is 252 g/mol. The first-order chi connectivity index (χ1) is 9.71. The zero-order valence-corrected chi connectivity index (χ0v) is 12.9. The predicted molar refractivity (Wildman–Crippen MR) is 80.5 cm³/mol. The highest BCUT2D eigenvalue weighted by Crippen LogP contribution is 2.23. The van der Waals surface area contributed by atoms with Gasteiger partial charge in [-0.15, -0.1) is 0 Å². The molecule has 0 bridgehead atoms. The van der Waals surface area contributed by atoms with Crippen LogP contribution in [0.3, 0.4) is 0 Å². The zero-order valence-electron chi connectivity index (χ0n) is 12.9. The first kappa shape index (κ1) is 16.5. The van der Waals surface area contributed by atoms with E-state index in [1.54, 1.807) is 0 Å². The first-order valence-corrected chi connectivity index (χ1v) is 7.69. The molecule has 0 aliphatic heterocycles. The lowest BCUT2D eigenvalue weighted by Gasteiger charge is -2.13. The van der Waals surface area contributed by atoms with Crippen molar-refractivity contribution >= 4 is 11.9 Å². The second-order valence-electron chi connectivity index (χ2n) is 5.07. The highest BCUT2D eigenvalue weighted by molar-refractivity contribution is 5.88. The van der Waals surface area contributed by atoms with Crippen LogP contribution in [0, 0.1) is 0 Å². The monoisotopic (exact) mass is 278 g/mol. The van der Waals surface area contributed by atoms with E-state index in [0.29, 0.717) is 18.3 Å². The third-order valence-corrected chi connectivity index (χ3v) is 3.33. The topological polar surface area (TPSA) is 67.8 Å². The molecule has 1 heterocycles. The number of nitrogens with zero attached hydrogens (tertiary/aromatic N) is 3. The lowest BCUT2D eigenvalue weighted by Crippen LogP contribution is -2.15. The third-order valence-electron chi connectivity index (χ3n) is 3.33. The number of amides is 1. The Labute approximate surface area is 121 Å². The van der Waals surface area contributed by atoms with Crippen LogP contribution in [0.15, 0.2) is 6.33 Å². The number of carbonyl (C=O) groups is 1. The largest absolute Gasteiger partial charge is 0.294 e. The summed E-state index contributed by atoms with van der Waals surface area (Å²) in [6.07, 6.45) is 8.55. The van der Waals surface area contributed by atoms with Gasteiger partial charge in [0.2, 0.25) is 11.9 Å². The van der Waals surface area contributed by atoms with Crippen molar-refractivity contribution in [1.82, 2.24) is 15.0 Å². The normalized spacial score (nSPS) is 12.2. The SMILES string of the molecule is CCCCCC(CC)c1ncnc(NC(=O)CCC)n1. The van der Waals surface area contributed by atoms with E-state index in [4.69, 9.17) is 0 Å². The van der Waals surface area contributed by atoms with Crippen molar-refractivity contribution in [1.29, 1.82) is 0 Å². The Kier molecular flexibility index (Phi) is 7.77. The summed E-state index contributed by atoms with van der Waals surface area (Å²) in [6.45, 7) is 6.32. The Hall–Kier alpha value is -1.52. The number of anilines is 1. The number of unbranched alkanes of at least 4 members (excludes halogenated alkanes) is 2. The van der Waals surface area contributed by atoms with E-state index in [1.165, 1.54) is 25.6 Å². The van der Waals surface area contributed by atoms with Gasteiger partial charge in [-0.05, 0) is 19.3 Å². The molecular formula is C15H26N4O. The molecule has 0 aliphatic carbocycles. The first-order valence-electron chi connectivity index (χ1n) is 7.69. The Bertz CT molecular complexity index is 409. The number of rotatable bonds is 9. The van der Waals surface area contributed by atoms with Gasteiger partial charge in [0.15, 0.2) is 0 Å². The Morgan fingerprint density at radius 1 is 1.20 bits per heavy atom. The molecule has 0 radical (unpaired) electrons. The third kappa shape index (κ3) is 5.63. The van der Waals surface area contributed by atoms with E-state index < -0.39 is 0 Å². The molecule has 112 valence electrons. The van der Waals surface area contributed by atoms with E-state index in [-0.39, 0.29) is 5.91 Å². The summed E-state index contributed by atoms with van der Waals surface area (Å²) in [6, 6.07) is 0. The van der Waals surface area contributed by atoms with Gasteiger partial charge in [0.05, 0.1) is 0 Å². The number of hydrogen-bond donors (Lipinski definition) is 1. The summed E-state index contributed by atoms with van der Waals surface area (Å²) in [5.41, 5.74) is 0. The molecule has 1 amide bonds. The quantitative estimate of drug-likeness (QED) is 0.700. The number of nitrogens with one attached hydrogen (secondary N) is 1. The molecule has 0 aromatic carbocycles. The summed E-state index contributed by atoms with van der Waals surface area (Å²) >= 11 is 0. The second kappa shape index (κ2) is 9.39. The Morgan fingerprint density at radius 3 is 2.65 bits per heavy atom. The van der Waals surface area contributed by atoms with E-state index in [0.717, 1.165) is 25.1 Å². The van der Waals surface area contributed by atoms with Crippen molar-refractivity contribution in [3.63, 3.8) is 0 Å². The van der Waals surface area contributed by atoms with Gasteiger partial charge in [-0.1, -0.05) is 40.0 Å². The van der Waals surface area contributed by atoms with Crippen molar-refractivity contribution in [2.24, 2.45) is 0 Å². The van der Waals surface area contributed by atoms with Crippen LogP contribution in [0.2, 0.25) is 0 Å². The molecule has 5 heteroatoms. The molecule has 0 saturated heterocycles. The molecule has 1 unspecified atom stereocenters. The van der Waals surface area contributed by atoms with Gasteiger partial charge in [-0.25, -0.2) is 9.97 Å². The van der Waals surface area contributed by atoms with Crippen molar-refractivity contribution < 1.29 is 4.79 Å². The number of carbonyl (C=O) groups excluding carboxylic acids is 1. The summed E-state index contributed by atoms with van der Waals surface area (Å²) < 4.78 is 0. The highest BCUT2D eigenvalue weighted by Gasteiger charge is 2.14. The highest BCUT2D eigenvalue weighted by atomic mass is 16.1. The fraction of sp³-hybridized carbons (Fsp3) is 0.733. The van der Waals surface area contributed by atoms with Crippen LogP contribution in [0.4, 0.5) is 5.95 Å². The average molecular weight is 278 g/mol. The van der Waals surface area contributed by atoms with Crippen molar-refractivity contribution in [3.05, 3.63) is 12.2 Å². The van der Waals surface area contributed by atoms with Crippen LogP contribution in [-0.2, 0) is 4.79 Å². The lowest BCUT2D eigenvalue weighted by atomic mass is 9.98. The van der Waals surface area contributed by atoms with Crippen molar-refractivity contribution in [2.45, 2.75) is 71.6 Å². The summed E-state index contributed by atoms with van der Waals surface area (Å²) in [7, 11) is 0. The van der Waals surface area contributed by atoms with Gasteiger partial charge in [0, 0.05) is 12.3 Å². The van der Waals surface area contributed by atoms with Crippen LogP contribution in [0.1, 0.15) is 77.5 Å². The maximum absolute atomic E-state index is 11.6. The number of hydrogen-bond acceptors (Lipinski definition) is 4. The minimum absolute atomic E-state index is 0.0383.